The molecule has 0 N–H and O–H groups in total. The topological polar surface area (TPSA) is 9.23 Å². The molecule has 0 aliphatic heterocycles. The monoisotopic (exact) mass is 378 g/mol. The normalized spacial score (nSPS) is 11.5. The van der Waals surface area contributed by atoms with Gasteiger partial charge in [-0.05, 0) is 23.8 Å². The molecule has 6 heteroatoms. The van der Waals surface area contributed by atoms with Crippen molar-refractivity contribution in [2.45, 2.75) is 18.1 Å². The summed E-state index contributed by atoms with van der Waals surface area (Å²) in [7, 11) is 0. The van der Waals surface area contributed by atoms with E-state index in [0.717, 1.165) is 17.7 Å². The predicted octanol–water partition coefficient (Wildman–Crippen LogP) is 5.83. The molecule has 0 spiro atoms. The van der Waals surface area contributed by atoms with E-state index in [4.69, 9.17) is 16.3 Å². The minimum atomic E-state index is -4.33. The first-order valence-corrected chi connectivity index (χ1v) is 7.54. The molecule has 0 aliphatic rings. The lowest BCUT2D eigenvalue weighted by Crippen LogP contribution is -2.05. The summed E-state index contributed by atoms with van der Waals surface area (Å²) in [5, 5.41) is 1.05. The SMILES string of the molecule is FC(F)(F)c1ccc(COc2c(Cl)cccc2CBr)cc1. The molecule has 0 aliphatic carbocycles. The maximum absolute atomic E-state index is 12.5. The van der Waals surface area contributed by atoms with E-state index in [1.54, 1.807) is 6.07 Å². The molecule has 0 amide bonds. The van der Waals surface area contributed by atoms with Gasteiger partial charge in [0.2, 0.25) is 0 Å². The quantitative estimate of drug-likeness (QED) is 0.607. The van der Waals surface area contributed by atoms with E-state index in [1.165, 1.54) is 12.1 Å². The van der Waals surface area contributed by atoms with Crippen LogP contribution in [0.5, 0.6) is 5.75 Å². The van der Waals surface area contributed by atoms with Crippen LogP contribution in [0.25, 0.3) is 0 Å². The number of alkyl halides is 4. The Morgan fingerprint density at radius 2 is 1.71 bits per heavy atom. The van der Waals surface area contributed by atoms with Crippen LogP contribution >= 0.6 is 27.5 Å². The second-order valence-corrected chi connectivity index (χ2v) is 5.31. The summed E-state index contributed by atoms with van der Waals surface area (Å²) in [6, 6.07) is 10.2. The molecule has 2 rings (SSSR count). The van der Waals surface area contributed by atoms with Crippen molar-refractivity contribution in [3.63, 3.8) is 0 Å². The largest absolute Gasteiger partial charge is 0.487 e. The maximum atomic E-state index is 12.5. The summed E-state index contributed by atoms with van der Waals surface area (Å²) in [4.78, 5) is 0. The van der Waals surface area contributed by atoms with Crippen LogP contribution in [-0.4, -0.2) is 0 Å². The van der Waals surface area contributed by atoms with Crippen LogP contribution in [0.2, 0.25) is 5.02 Å². The lowest BCUT2D eigenvalue weighted by molar-refractivity contribution is -0.137. The van der Waals surface area contributed by atoms with Gasteiger partial charge in [0.15, 0.2) is 0 Å². The first-order chi connectivity index (χ1) is 9.91. The molecule has 21 heavy (non-hydrogen) atoms. The van der Waals surface area contributed by atoms with Crippen LogP contribution in [0, 0.1) is 0 Å². The second-order valence-electron chi connectivity index (χ2n) is 4.35. The van der Waals surface area contributed by atoms with Gasteiger partial charge in [-0.25, -0.2) is 0 Å². The third kappa shape index (κ3) is 4.14. The van der Waals surface area contributed by atoms with E-state index in [1.807, 2.05) is 12.1 Å². The molecule has 0 bridgehead atoms. The lowest BCUT2D eigenvalue weighted by Gasteiger charge is -2.12. The van der Waals surface area contributed by atoms with Gasteiger partial charge in [-0.1, -0.05) is 51.8 Å². The van der Waals surface area contributed by atoms with Crippen LogP contribution < -0.4 is 4.74 Å². The summed E-state index contributed by atoms with van der Waals surface area (Å²) < 4.78 is 43.0. The van der Waals surface area contributed by atoms with Gasteiger partial charge in [0.05, 0.1) is 10.6 Å². The molecule has 112 valence electrons. The molecular formula is C15H11BrClF3O. The van der Waals surface area contributed by atoms with Crippen LogP contribution in [0.15, 0.2) is 42.5 Å². The number of hydrogen-bond acceptors (Lipinski definition) is 1. The Balaban J connectivity index is 2.10. The van der Waals surface area contributed by atoms with Crippen molar-refractivity contribution in [1.29, 1.82) is 0 Å². The third-order valence-electron chi connectivity index (χ3n) is 2.86. The lowest BCUT2D eigenvalue weighted by atomic mass is 10.1. The van der Waals surface area contributed by atoms with Gasteiger partial charge in [0, 0.05) is 10.9 Å². The molecule has 0 saturated carbocycles. The van der Waals surface area contributed by atoms with E-state index in [2.05, 4.69) is 15.9 Å². The van der Waals surface area contributed by atoms with Crippen LogP contribution in [0.3, 0.4) is 0 Å². The van der Waals surface area contributed by atoms with Crippen LogP contribution in [0.4, 0.5) is 13.2 Å². The molecule has 0 saturated heterocycles. The van der Waals surface area contributed by atoms with E-state index in [0.29, 0.717) is 21.7 Å². The summed E-state index contributed by atoms with van der Waals surface area (Å²) >= 11 is 9.40. The molecule has 1 nitrogen and oxygen atoms in total. The molecule has 0 atom stereocenters. The maximum Gasteiger partial charge on any atom is 0.416 e. The summed E-state index contributed by atoms with van der Waals surface area (Å²) in [5.74, 6) is 0.538. The van der Waals surface area contributed by atoms with Crippen molar-refractivity contribution in [1.82, 2.24) is 0 Å². The van der Waals surface area contributed by atoms with Gasteiger partial charge in [0.1, 0.15) is 12.4 Å². The Labute approximate surface area is 133 Å². The van der Waals surface area contributed by atoms with Crippen LogP contribution in [0.1, 0.15) is 16.7 Å². The minimum Gasteiger partial charge on any atom is -0.487 e. The van der Waals surface area contributed by atoms with Gasteiger partial charge >= 0.3 is 6.18 Å². The van der Waals surface area contributed by atoms with E-state index >= 15 is 0 Å². The Kier molecular flexibility index (Phi) is 5.17. The number of para-hydroxylation sites is 1. The van der Waals surface area contributed by atoms with Crippen molar-refractivity contribution in [2.24, 2.45) is 0 Å². The van der Waals surface area contributed by atoms with Gasteiger partial charge in [-0.3, -0.25) is 0 Å². The molecular weight excluding hydrogens is 369 g/mol. The standard InChI is InChI=1S/C15H11BrClF3O/c16-8-11-2-1-3-13(17)14(11)21-9-10-4-6-12(7-5-10)15(18,19)20/h1-7H,8-9H2. The zero-order valence-electron chi connectivity index (χ0n) is 10.8. The highest BCUT2D eigenvalue weighted by molar-refractivity contribution is 9.08. The highest BCUT2D eigenvalue weighted by Gasteiger charge is 2.29. The van der Waals surface area contributed by atoms with Crippen molar-refractivity contribution >= 4 is 27.5 Å². The summed E-state index contributed by atoms with van der Waals surface area (Å²) in [5.41, 5.74) is 0.850. The number of ether oxygens (including phenoxy) is 1. The number of rotatable bonds is 4. The highest BCUT2D eigenvalue weighted by atomic mass is 79.9. The molecule has 2 aromatic carbocycles. The first kappa shape index (κ1) is 16.2. The van der Waals surface area contributed by atoms with Crippen LogP contribution in [-0.2, 0) is 18.1 Å². The van der Waals surface area contributed by atoms with E-state index in [-0.39, 0.29) is 6.61 Å². The van der Waals surface area contributed by atoms with Crippen molar-refractivity contribution in [3.8, 4) is 5.75 Å². The van der Waals surface area contributed by atoms with Crippen molar-refractivity contribution in [3.05, 3.63) is 64.2 Å². The Morgan fingerprint density at radius 3 is 2.29 bits per heavy atom. The molecule has 0 heterocycles. The first-order valence-electron chi connectivity index (χ1n) is 6.04. The number of benzene rings is 2. The zero-order valence-corrected chi connectivity index (χ0v) is 13.1. The second kappa shape index (κ2) is 6.71. The third-order valence-corrected chi connectivity index (χ3v) is 3.76. The highest BCUT2D eigenvalue weighted by Crippen LogP contribution is 2.32. The fraction of sp³-hybridized carbons (Fsp3) is 0.200. The summed E-state index contributed by atoms with van der Waals surface area (Å²) in [6.45, 7) is 0.155. The average molecular weight is 380 g/mol. The van der Waals surface area contributed by atoms with Gasteiger partial charge in [-0.2, -0.15) is 13.2 Å². The average Bonchev–Trinajstić information content (AvgIpc) is 2.45. The summed E-state index contributed by atoms with van der Waals surface area (Å²) in [6.07, 6.45) is -4.33. The molecule has 0 unspecified atom stereocenters. The minimum absolute atomic E-state index is 0.155. The number of halogens is 5. The smallest absolute Gasteiger partial charge is 0.416 e. The van der Waals surface area contributed by atoms with Gasteiger partial charge in [0.25, 0.3) is 0 Å². The fourth-order valence-corrected chi connectivity index (χ4v) is 2.46. The predicted molar refractivity (Wildman–Crippen MR) is 79.9 cm³/mol. The van der Waals surface area contributed by atoms with Crippen molar-refractivity contribution in [2.75, 3.05) is 0 Å². The Morgan fingerprint density at radius 1 is 1.05 bits per heavy atom. The number of hydrogen-bond donors (Lipinski definition) is 0. The Bertz CT molecular complexity index is 611. The van der Waals surface area contributed by atoms with Crippen molar-refractivity contribution < 1.29 is 17.9 Å². The zero-order chi connectivity index (χ0) is 15.5. The fourth-order valence-electron chi connectivity index (χ4n) is 1.77. The molecule has 2 aromatic rings. The molecule has 0 aromatic heterocycles. The molecule has 0 radical (unpaired) electrons. The Hall–Kier alpha value is -1.20. The van der Waals surface area contributed by atoms with Gasteiger partial charge in [-0.15, -0.1) is 0 Å². The molecule has 0 fully saturated rings. The van der Waals surface area contributed by atoms with E-state index < -0.39 is 11.7 Å². The van der Waals surface area contributed by atoms with E-state index in [9.17, 15) is 13.2 Å². The van der Waals surface area contributed by atoms with Gasteiger partial charge < -0.3 is 4.74 Å².